The second kappa shape index (κ2) is 8.58. The maximum absolute atomic E-state index is 12.8. The number of hydrogen-bond acceptors (Lipinski definition) is 7. The van der Waals surface area contributed by atoms with E-state index in [1.165, 1.54) is 7.11 Å². The van der Waals surface area contributed by atoms with Crippen LogP contribution in [0, 0.1) is 5.92 Å². The van der Waals surface area contributed by atoms with Crippen molar-refractivity contribution in [2.45, 2.75) is 30.7 Å². The Labute approximate surface area is 213 Å². The van der Waals surface area contributed by atoms with E-state index < -0.39 is 0 Å². The second-order valence-electron chi connectivity index (χ2n) is 9.48. The molecule has 3 amide bonds. The quantitative estimate of drug-likeness (QED) is 0.382. The lowest BCUT2D eigenvalue weighted by Gasteiger charge is -2.20. The molecular weight excluding hydrogens is 476 g/mol. The van der Waals surface area contributed by atoms with Gasteiger partial charge in [0.1, 0.15) is 23.1 Å². The van der Waals surface area contributed by atoms with Crippen LogP contribution in [0.3, 0.4) is 0 Å². The normalized spacial score (nSPS) is 22.6. The maximum atomic E-state index is 12.8. The molecule has 0 radical (unpaired) electrons. The standard InChI is InChI=1S/C27H26N4O6/c1-35-21-7-3-14(11-22(21)36-2)29-26(34)31-27-13-18(27)24(27)17-12-15(4-6-19(17)32)37-20-9-10-28-25-16(20)5-8-23(33)30-25/h3-4,6-7,9-12,18,24,32H,5,8,13H2,1-2H3,(H,28,30,33)(H2,29,31,34)/t18-,24+,27-/m0/s1. The van der Waals surface area contributed by atoms with E-state index in [1.807, 2.05) is 6.07 Å². The van der Waals surface area contributed by atoms with Gasteiger partial charge in [0.15, 0.2) is 11.5 Å². The van der Waals surface area contributed by atoms with Crippen molar-refractivity contribution >= 4 is 23.4 Å². The second-order valence-corrected chi connectivity index (χ2v) is 9.48. The molecule has 6 rings (SSSR count). The molecule has 0 bridgehead atoms. The monoisotopic (exact) mass is 502 g/mol. The highest BCUT2D eigenvalue weighted by atomic mass is 16.5. The summed E-state index contributed by atoms with van der Waals surface area (Å²) < 4.78 is 16.7. The van der Waals surface area contributed by atoms with E-state index in [4.69, 9.17) is 14.2 Å². The molecule has 3 aromatic rings. The summed E-state index contributed by atoms with van der Waals surface area (Å²) in [6, 6.07) is 11.7. The third-order valence-corrected chi connectivity index (χ3v) is 7.33. The smallest absolute Gasteiger partial charge is 0.319 e. The van der Waals surface area contributed by atoms with Crippen molar-refractivity contribution < 1.29 is 28.9 Å². The third kappa shape index (κ3) is 4.04. The van der Waals surface area contributed by atoms with Gasteiger partial charge in [-0.25, -0.2) is 9.78 Å². The summed E-state index contributed by atoms with van der Waals surface area (Å²) in [5.74, 6) is 3.14. The first-order valence-corrected chi connectivity index (χ1v) is 12.0. The first-order valence-electron chi connectivity index (χ1n) is 12.0. The Hall–Kier alpha value is -4.47. The zero-order chi connectivity index (χ0) is 25.7. The zero-order valence-corrected chi connectivity index (χ0v) is 20.3. The fourth-order valence-corrected chi connectivity index (χ4v) is 5.24. The number of pyridine rings is 1. The van der Waals surface area contributed by atoms with Crippen molar-refractivity contribution in [2.75, 3.05) is 24.9 Å². The number of phenols is 1. The number of fused-ring (bicyclic) bond motifs is 2. The lowest BCUT2D eigenvalue weighted by molar-refractivity contribution is -0.116. The Morgan fingerprint density at radius 3 is 2.70 bits per heavy atom. The van der Waals surface area contributed by atoms with Crippen molar-refractivity contribution in [2.24, 2.45) is 5.92 Å². The van der Waals surface area contributed by atoms with E-state index in [0.717, 1.165) is 17.5 Å². The van der Waals surface area contributed by atoms with Crippen LogP contribution in [0.2, 0.25) is 0 Å². The Morgan fingerprint density at radius 2 is 1.92 bits per heavy atom. The van der Waals surface area contributed by atoms with Gasteiger partial charge in [-0.15, -0.1) is 0 Å². The van der Waals surface area contributed by atoms with Gasteiger partial charge in [-0.3, -0.25) is 4.79 Å². The number of urea groups is 1. The first-order chi connectivity index (χ1) is 17.9. The van der Waals surface area contributed by atoms with Gasteiger partial charge < -0.3 is 35.3 Å². The van der Waals surface area contributed by atoms with E-state index in [-0.39, 0.29) is 35.1 Å². The van der Waals surface area contributed by atoms with Crippen LogP contribution in [0.25, 0.3) is 0 Å². The highest BCUT2D eigenvalue weighted by Crippen LogP contribution is 2.77. The molecule has 3 aliphatic rings. The van der Waals surface area contributed by atoms with Crippen molar-refractivity contribution in [3.63, 3.8) is 0 Å². The summed E-state index contributed by atoms with van der Waals surface area (Å²) in [7, 11) is 3.09. The molecule has 0 unspecified atom stereocenters. The largest absolute Gasteiger partial charge is 0.508 e. The Bertz CT molecular complexity index is 1430. The van der Waals surface area contributed by atoms with Crippen LogP contribution in [0.5, 0.6) is 28.7 Å². The minimum atomic E-state index is -0.378. The third-order valence-electron chi connectivity index (χ3n) is 7.33. The van der Waals surface area contributed by atoms with Crippen molar-refractivity contribution in [1.82, 2.24) is 10.3 Å². The molecule has 190 valence electrons. The van der Waals surface area contributed by atoms with Crippen molar-refractivity contribution in [3.8, 4) is 28.7 Å². The number of carbonyl (C=O) groups excluding carboxylic acids is 2. The number of benzene rings is 2. The van der Waals surface area contributed by atoms with Gasteiger partial charge in [-0.2, -0.15) is 0 Å². The molecule has 2 aliphatic carbocycles. The number of methoxy groups -OCH3 is 2. The molecular formula is C27H26N4O6. The van der Waals surface area contributed by atoms with Gasteiger partial charge in [-0.1, -0.05) is 0 Å². The molecule has 0 saturated heterocycles. The fourth-order valence-electron chi connectivity index (χ4n) is 5.24. The summed E-state index contributed by atoms with van der Waals surface area (Å²) in [4.78, 5) is 28.7. The van der Waals surface area contributed by atoms with E-state index in [1.54, 1.807) is 49.7 Å². The molecule has 2 heterocycles. The van der Waals surface area contributed by atoms with E-state index in [2.05, 4.69) is 20.9 Å². The molecule has 2 fully saturated rings. The molecule has 4 N–H and O–H groups in total. The number of nitrogens with zero attached hydrogens (tertiary/aromatic N) is 1. The molecule has 10 heteroatoms. The number of amides is 3. The molecule has 2 aromatic carbocycles. The predicted octanol–water partition coefficient (Wildman–Crippen LogP) is 4.16. The summed E-state index contributed by atoms with van der Waals surface area (Å²) in [5.41, 5.74) is 1.78. The predicted molar refractivity (Wildman–Crippen MR) is 135 cm³/mol. The highest BCUT2D eigenvalue weighted by molar-refractivity contribution is 5.93. The van der Waals surface area contributed by atoms with Crippen LogP contribution >= 0.6 is 0 Å². The Morgan fingerprint density at radius 1 is 1.08 bits per heavy atom. The number of aromatic nitrogens is 1. The van der Waals surface area contributed by atoms with E-state index in [9.17, 15) is 14.7 Å². The molecule has 3 atom stereocenters. The number of hydrogen-bond donors (Lipinski definition) is 4. The lowest BCUT2D eigenvalue weighted by atomic mass is 9.99. The van der Waals surface area contributed by atoms with Crippen molar-refractivity contribution in [3.05, 3.63) is 59.8 Å². The van der Waals surface area contributed by atoms with Gasteiger partial charge in [0.2, 0.25) is 5.91 Å². The van der Waals surface area contributed by atoms with E-state index >= 15 is 0 Å². The average molecular weight is 503 g/mol. The van der Waals surface area contributed by atoms with Gasteiger partial charge in [0.05, 0.1) is 19.8 Å². The van der Waals surface area contributed by atoms with Crippen LogP contribution < -0.4 is 30.2 Å². The molecule has 2 saturated carbocycles. The molecule has 1 aromatic heterocycles. The van der Waals surface area contributed by atoms with Gasteiger partial charge in [-0.05, 0) is 55.2 Å². The Balaban J connectivity index is 1.15. The van der Waals surface area contributed by atoms with Crippen molar-refractivity contribution in [1.29, 1.82) is 0 Å². The number of rotatable bonds is 7. The topological polar surface area (TPSA) is 131 Å². The van der Waals surface area contributed by atoms with Gasteiger partial charge in [0.25, 0.3) is 0 Å². The minimum Gasteiger partial charge on any atom is -0.508 e. The molecule has 10 nitrogen and oxygen atoms in total. The number of phenolic OH excluding ortho intramolecular Hbond substituents is 1. The van der Waals surface area contributed by atoms with E-state index in [0.29, 0.717) is 47.3 Å². The first kappa shape index (κ1) is 23.0. The van der Waals surface area contributed by atoms with Crippen LogP contribution in [-0.4, -0.2) is 41.8 Å². The summed E-state index contributed by atoms with van der Waals surface area (Å²) in [5, 5.41) is 19.3. The number of carbonyl (C=O) groups is 2. The number of aromatic hydroxyl groups is 1. The summed E-state index contributed by atoms with van der Waals surface area (Å²) in [6.07, 6.45) is 3.35. The van der Waals surface area contributed by atoms with Crippen LogP contribution in [-0.2, 0) is 11.2 Å². The van der Waals surface area contributed by atoms with Crippen LogP contribution in [0.4, 0.5) is 16.3 Å². The average Bonchev–Trinajstić information content (AvgIpc) is 3.75. The van der Waals surface area contributed by atoms with Crippen LogP contribution in [0.1, 0.15) is 29.9 Å². The SMILES string of the molecule is COc1ccc(NC(=O)N[C@@]23C[C@H]2[C@H]3c2cc(Oc3ccnc4c3CCC(=O)N4)ccc2O)cc1OC. The zero-order valence-electron chi connectivity index (χ0n) is 20.3. The number of ether oxygens (including phenoxy) is 3. The minimum absolute atomic E-state index is 0.00199. The summed E-state index contributed by atoms with van der Waals surface area (Å²) in [6.45, 7) is 0. The highest BCUT2D eigenvalue weighted by Gasteiger charge is 2.80. The number of nitrogens with one attached hydrogen (secondary N) is 3. The molecule has 0 spiro atoms. The molecule has 1 aliphatic heterocycles. The fraction of sp³-hybridized carbons (Fsp3) is 0.296. The van der Waals surface area contributed by atoms with Gasteiger partial charge >= 0.3 is 6.03 Å². The molecule has 37 heavy (non-hydrogen) atoms. The maximum Gasteiger partial charge on any atom is 0.319 e. The summed E-state index contributed by atoms with van der Waals surface area (Å²) >= 11 is 0. The van der Waals surface area contributed by atoms with Crippen LogP contribution in [0.15, 0.2) is 48.7 Å². The number of anilines is 2. The lowest BCUT2D eigenvalue weighted by Crippen LogP contribution is -2.36. The van der Waals surface area contributed by atoms with Gasteiger partial charge in [0, 0.05) is 41.4 Å². The Kier molecular flexibility index (Phi) is 5.32.